The molecule has 0 unspecified atom stereocenters. The van der Waals surface area contributed by atoms with Gasteiger partial charge in [0.1, 0.15) is 0 Å². The number of anilines is 2. The molecule has 22 heavy (non-hydrogen) atoms. The second kappa shape index (κ2) is 7.37. The maximum absolute atomic E-state index is 11.7. The minimum absolute atomic E-state index is 0.0538. The van der Waals surface area contributed by atoms with Crippen molar-refractivity contribution < 1.29 is 14.0 Å². The largest absolute Gasteiger partial charge is 0.459 e. The van der Waals surface area contributed by atoms with Crippen LogP contribution in [0.3, 0.4) is 0 Å². The number of amides is 2. The van der Waals surface area contributed by atoms with Gasteiger partial charge in [-0.05, 0) is 48.6 Å². The number of benzene rings is 1. The fourth-order valence-electron chi connectivity index (χ4n) is 1.62. The van der Waals surface area contributed by atoms with Crippen LogP contribution < -0.4 is 16.0 Å². The molecule has 0 aliphatic rings. The Balaban J connectivity index is 1.89. The first-order valence-corrected chi connectivity index (χ1v) is 7.05. The van der Waals surface area contributed by atoms with E-state index in [4.69, 9.17) is 16.6 Å². The first-order chi connectivity index (χ1) is 10.6. The summed E-state index contributed by atoms with van der Waals surface area (Å²) in [6, 6.07) is 10.1. The van der Waals surface area contributed by atoms with Crippen LogP contribution in [-0.4, -0.2) is 16.9 Å². The number of hydrogen-bond donors (Lipinski definition) is 3. The fourth-order valence-corrected chi connectivity index (χ4v) is 1.83. The predicted molar refractivity (Wildman–Crippen MR) is 87.8 cm³/mol. The summed E-state index contributed by atoms with van der Waals surface area (Å²) in [4.78, 5) is 23.0. The van der Waals surface area contributed by atoms with E-state index in [0.717, 1.165) is 0 Å². The Morgan fingerprint density at radius 3 is 2.27 bits per heavy atom. The van der Waals surface area contributed by atoms with Gasteiger partial charge in [0.2, 0.25) is 5.91 Å². The molecule has 7 heteroatoms. The number of rotatable bonds is 4. The van der Waals surface area contributed by atoms with Gasteiger partial charge in [-0.15, -0.1) is 0 Å². The molecule has 2 amide bonds. The van der Waals surface area contributed by atoms with Gasteiger partial charge in [0.05, 0.1) is 6.26 Å². The summed E-state index contributed by atoms with van der Waals surface area (Å²) in [5.74, 6) is -0.293. The third kappa shape index (κ3) is 4.42. The van der Waals surface area contributed by atoms with Crippen LogP contribution in [0, 0.1) is 0 Å². The van der Waals surface area contributed by atoms with Crippen LogP contribution in [0.4, 0.5) is 11.4 Å². The number of hydrogen-bond acceptors (Lipinski definition) is 4. The van der Waals surface area contributed by atoms with Crippen molar-refractivity contribution in [3.05, 3.63) is 48.4 Å². The quantitative estimate of drug-likeness (QED) is 0.755. The summed E-state index contributed by atoms with van der Waals surface area (Å²) in [6.45, 7) is 1.78. The van der Waals surface area contributed by atoms with Gasteiger partial charge < -0.3 is 15.1 Å². The van der Waals surface area contributed by atoms with Crippen molar-refractivity contribution in [3.63, 3.8) is 0 Å². The van der Waals surface area contributed by atoms with Crippen molar-refractivity contribution in [1.82, 2.24) is 5.32 Å². The molecule has 2 aromatic rings. The van der Waals surface area contributed by atoms with Crippen LogP contribution in [0.5, 0.6) is 0 Å². The highest BCUT2D eigenvalue weighted by Gasteiger charge is 2.10. The molecule has 0 aliphatic heterocycles. The second-order valence-electron chi connectivity index (χ2n) is 4.36. The van der Waals surface area contributed by atoms with Crippen molar-refractivity contribution in [3.8, 4) is 0 Å². The summed E-state index contributed by atoms with van der Waals surface area (Å²) in [7, 11) is 0. The number of furan rings is 1. The maximum Gasteiger partial charge on any atom is 0.293 e. The van der Waals surface area contributed by atoms with E-state index in [-0.39, 0.29) is 16.8 Å². The number of nitrogens with one attached hydrogen (secondary N) is 3. The van der Waals surface area contributed by atoms with Crippen molar-refractivity contribution in [1.29, 1.82) is 0 Å². The Labute approximate surface area is 132 Å². The molecule has 2 rings (SSSR count). The monoisotopic (exact) mass is 317 g/mol. The van der Waals surface area contributed by atoms with Crippen LogP contribution in [-0.2, 0) is 4.79 Å². The van der Waals surface area contributed by atoms with E-state index < -0.39 is 5.91 Å². The van der Waals surface area contributed by atoms with Gasteiger partial charge in [0.25, 0.3) is 5.91 Å². The zero-order valence-electron chi connectivity index (χ0n) is 11.9. The number of thiocarbonyl (C=S) groups is 1. The van der Waals surface area contributed by atoms with Crippen molar-refractivity contribution in [2.45, 2.75) is 13.3 Å². The lowest BCUT2D eigenvalue weighted by atomic mass is 10.2. The van der Waals surface area contributed by atoms with E-state index in [1.165, 1.54) is 6.26 Å². The molecular weight excluding hydrogens is 302 g/mol. The minimum Gasteiger partial charge on any atom is -0.459 e. The average Bonchev–Trinajstić information content (AvgIpc) is 3.03. The van der Waals surface area contributed by atoms with Crippen LogP contribution in [0.1, 0.15) is 23.9 Å². The standard InChI is InChI=1S/C15H15N3O3S/c1-2-13(19)16-10-5-7-11(8-6-10)17-15(22)18-14(20)12-4-3-9-21-12/h3-9H,2H2,1H3,(H,16,19)(H2,17,18,20,22). The van der Waals surface area contributed by atoms with Crippen molar-refractivity contribution in [2.24, 2.45) is 0 Å². The molecule has 6 nitrogen and oxygen atoms in total. The molecule has 0 spiro atoms. The Morgan fingerprint density at radius 2 is 1.73 bits per heavy atom. The lowest BCUT2D eigenvalue weighted by molar-refractivity contribution is -0.115. The lowest BCUT2D eigenvalue weighted by Gasteiger charge is -2.09. The third-order valence-corrected chi connectivity index (χ3v) is 2.92. The Bertz CT molecular complexity index is 666. The van der Waals surface area contributed by atoms with Gasteiger partial charge in [-0.25, -0.2) is 0 Å². The zero-order chi connectivity index (χ0) is 15.9. The number of carbonyl (C=O) groups is 2. The van der Waals surface area contributed by atoms with Gasteiger partial charge in [0, 0.05) is 17.8 Å². The van der Waals surface area contributed by atoms with Gasteiger partial charge in [-0.2, -0.15) is 0 Å². The fraction of sp³-hybridized carbons (Fsp3) is 0.133. The molecule has 0 saturated heterocycles. The summed E-state index contributed by atoms with van der Waals surface area (Å²) >= 11 is 5.05. The summed E-state index contributed by atoms with van der Waals surface area (Å²) < 4.78 is 4.97. The molecule has 1 aromatic carbocycles. The Hall–Kier alpha value is -2.67. The van der Waals surface area contributed by atoms with Gasteiger partial charge >= 0.3 is 0 Å². The molecule has 0 saturated carbocycles. The van der Waals surface area contributed by atoms with Crippen LogP contribution in [0.2, 0.25) is 0 Å². The SMILES string of the molecule is CCC(=O)Nc1ccc(NC(=S)NC(=O)c2ccco2)cc1. The number of carbonyl (C=O) groups excluding carboxylic acids is 2. The van der Waals surface area contributed by atoms with E-state index in [9.17, 15) is 9.59 Å². The van der Waals surface area contributed by atoms with Crippen molar-refractivity contribution >= 4 is 40.5 Å². The van der Waals surface area contributed by atoms with E-state index in [2.05, 4.69) is 16.0 Å². The Kier molecular flexibility index (Phi) is 5.26. The van der Waals surface area contributed by atoms with E-state index in [0.29, 0.717) is 17.8 Å². The summed E-state index contributed by atoms with van der Waals surface area (Å²) in [5, 5.41) is 8.28. The molecular formula is C15H15N3O3S. The molecule has 1 aromatic heterocycles. The predicted octanol–water partition coefficient (Wildman–Crippen LogP) is 2.75. The molecule has 3 N–H and O–H groups in total. The van der Waals surface area contributed by atoms with Crippen LogP contribution >= 0.6 is 12.2 Å². The first kappa shape index (κ1) is 15.7. The molecule has 114 valence electrons. The first-order valence-electron chi connectivity index (χ1n) is 6.64. The third-order valence-electron chi connectivity index (χ3n) is 2.72. The molecule has 1 heterocycles. The summed E-state index contributed by atoms with van der Waals surface area (Å²) in [5.41, 5.74) is 1.39. The molecule has 0 aliphatic carbocycles. The van der Waals surface area contributed by atoms with E-state index >= 15 is 0 Å². The smallest absolute Gasteiger partial charge is 0.293 e. The maximum atomic E-state index is 11.7. The summed E-state index contributed by atoms with van der Waals surface area (Å²) in [6.07, 6.45) is 1.83. The highest BCUT2D eigenvalue weighted by molar-refractivity contribution is 7.80. The topological polar surface area (TPSA) is 83.4 Å². The molecule has 0 atom stereocenters. The Morgan fingerprint density at radius 1 is 1.09 bits per heavy atom. The molecule has 0 radical (unpaired) electrons. The van der Waals surface area contributed by atoms with Crippen LogP contribution in [0.25, 0.3) is 0 Å². The molecule has 0 fully saturated rings. The minimum atomic E-state index is -0.422. The highest BCUT2D eigenvalue weighted by atomic mass is 32.1. The lowest BCUT2D eigenvalue weighted by Crippen LogP contribution is -2.33. The van der Waals surface area contributed by atoms with Gasteiger partial charge in [-0.1, -0.05) is 6.92 Å². The normalized spacial score (nSPS) is 9.86. The van der Waals surface area contributed by atoms with E-state index in [1.807, 2.05) is 0 Å². The highest BCUT2D eigenvalue weighted by Crippen LogP contribution is 2.13. The van der Waals surface area contributed by atoms with E-state index in [1.54, 1.807) is 43.3 Å². The van der Waals surface area contributed by atoms with Crippen molar-refractivity contribution in [2.75, 3.05) is 10.6 Å². The second-order valence-corrected chi connectivity index (χ2v) is 4.77. The zero-order valence-corrected chi connectivity index (χ0v) is 12.7. The van der Waals surface area contributed by atoms with Crippen LogP contribution in [0.15, 0.2) is 47.1 Å². The molecule has 0 bridgehead atoms. The van der Waals surface area contributed by atoms with Gasteiger partial charge in [-0.3, -0.25) is 14.9 Å². The van der Waals surface area contributed by atoms with Gasteiger partial charge in [0.15, 0.2) is 10.9 Å². The average molecular weight is 317 g/mol.